The molecule has 4 rings (SSSR count). The van der Waals surface area contributed by atoms with Crippen molar-refractivity contribution in [2.45, 2.75) is 31.6 Å². The van der Waals surface area contributed by atoms with Crippen molar-refractivity contribution in [1.82, 2.24) is 9.88 Å². The number of ether oxygens (including phenoxy) is 1. The van der Waals surface area contributed by atoms with Gasteiger partial charge in [-0.2, -0.15) is 13.2 Å². The van der Waals surface area contributed by atoms with Gasteiger partial charge in [0.1, 0.15) is 11.6 Å². The number of rotatable bonds is 6. The van der Waals surface area contributed by atoms with E-state index in [4.69, 9.17) is 4.74 Å². The second kappa shape index (κ2) is 8.37. The van der Waals surface area contributed by atoms with Crippen molar-refractivity contribution in [1.29, 1.82) is 0 Å². The molecule has 0 unspecified atom stereocenters. The third kappa shape index (κ3) is 5.02. The number of halogens is 4. The quantitative estimate of drug-likeness (QED) is 0.462. The van der Waals surface area contributed by atoms with Crippen molar-refractivity contribution in [3.05, 3.63) is 89.4 Å². The Bertz CT molecular complexity index is 1060. The number of hydrogen-bond donors (Lipinski definition) is 0. The fraction of sp³-hybridized carbons (Fsp3) is 0.217. The molecular weight excluding hydrogens is 412 g/mol. The van der Waals surface area contributed by atoms with Crippen molar-refractivity contribution in [2.75, 3.05) is 0 Å². The first-order valence-corrected chi connectivity index (χ1v) is 9.67. The number of benzene rings is 2. The normalized spacial score (nSPS) is 13.7. The van der Waals surface area contributed by atoms with E-state index in [1.54, 1.807) is 47.4 Å². The van der Waals surface area contributed by atoms with Crippen molar-refractivity contribution >= 4 is 5.91 Å². The number of amides is 1. The predicted octanol–water partition coefficient (Wildman–Crippen LogP) is 5.84. The number of carbonyl (C=O) groups excluding carboxylic acids is 1. The molecule has 1 aromatic heterocycles. The van der Waals surface area contributed by atoms with Gasteiger partial charge in [-0.1, -0.05) is 18.2 Å². The smallest absolute Gasteiger partial charge is 0.417 e. The van der Waals surface area contributed by atoms with Gasteiger partial charge < -0.3 is 9.64 Å². The van der Waals surface area contributed by atoms with Gasteiger partial charge in [-0.05, 0) is 49.2 Å². The van der Waals surface area contributed by atoms with Crippen molar-refractivity contribution in [3.63, 3.8) is 0 Å². The summed E-state index contributed by atoms with van der Waals surface area (Å²) >= 11 is 0. The SMILES string of the molecule is O=C(c1ccc(Oc2ccc(C(F)(F)F)cn2)cc1)N(Cc1ccccc1F)C1CC1. The van der Waals surface area contributed by atoms with E-state index in [0.717, 1.165) is 25.0 Å². The van der Waals surface area contributed by atoms with E-state index >= 15 is 0 Å². The van der Waals surface area contributed by atoms with Gasteiger partial charge in [-0.25, -0.2) is 9.37 Å². The summed E-state index contributed by atoms with van der Waals surface area (Å²) < 4.78 is 57.3. The maximum atomic E-state index is 14.0. The molecule has 0 atom stereocenters. The van der Waals surface area contributed by atoms with Crippen molar-refractivity contribution in [3.8, 4) is 11.6 Å². The van der Waals surface area contributed by atoms with Crippen LogP contribution < -0.4 is 4.74 Å². The highest BCUT2D eigenvalue weighted by Gasteiger charge is 2.33. The summed E-state index contributed by atoms with van der Waals surface area (Å²) in [6.07, 6.45) is -2.02. The van der Waals surface area contributed by atoms with E-state index in [1.165, 1.54) is 6.07 Å². The Labute approximate surface area is 176 Å². The molecule has 2 aromatic carbocycles. The van der Waals surface area contributed by atoms with Crippen LogP contribution in [0.25, 0.3) is 0 Å². The van der Waals surface area contributed by atoms with Crippen LogP contribution in [0.3, 0.4) is 0 Å². The molecule has 0 N–H and O–H groups in total. The monoisotopic (exact) mass is 430 g/mol. The summed E-state index contributed by atoms with van der Waals surface area (Å²) in [5.74, 6) is -0.235. The van der Waals surface area contributed by atoms with Gasteiger partial charge in [0.05, 0.1) is 5.56 Å². The minimum absolute atomic E-state index is 0.00577. The van der Waals surface area contributed by atoms with E-state index in [0.29, 0.717) is 23.1 Å². The summed E-state index contributed by atoms with van der Waals surface area (Å²) in [5.41, 5.74) is 0.00265. The molecular formula is C23H18F4N2O2. The number of pyridine rings is 1. The molecule has 1 fully saturated rings. The third-order valence-corrected chi connectivity index (χ3v) is 4.93. The minimum atomic E-state index is -4.47. The summed E-state index contributed by atoms with van der Waals surface area (Å²) in [7, 11) is 0. The van der Waals surface area contributed by atoms with E-state index in [-0.39, 0.29) is 30.2 Å². The number of alkyl halides is 3. The molecule has 0 aliphatic heterocycles. The Hall–Kier alpha value is -3.42. The molecule has 1 amide bonds. The Kier molecular flexibility index (Phi) is 5.63. The Morgan fingerprint density at radius 3 is 2.32 bits per heavy atom. The highest BCUT2D eigenvalue weighted by Crippen LogP contribution is 2.32. The second-order valence-corrected chi connectivity index (χ2v) is 7.26. The fourth-order valence-electron chi connectivity index (χ4n) is 3.12. The molecule has 0 spiro atoms. The van der Waals surface area contributed by atoms with Gasteiger partial charge in [-0.3, -0.25) is 4.79 Å². The van der Waals surface area contributed by atoms with Crippen molar-refractivity contribution < 1.29 is 27.1 Å². The van der Waals surface area contributed by atoms with Gasteiger partial charge in [0, 0.05) is 36.0 Å². The average Bonchev–Trinajstić information content (AvgIpc) is 3.58. The van der Waals surface area contributed by atoms with E-state index in [2.05, 4.69) is 4.98 Å². The van der Waals surface area contributed by atoms with E-state index in [9.17, 15) is 22.4 Å². The van der Waals surface area contributed by atoms with Crippen LogP contribution in [0.5, 0.6) is 11.6 Å². The first kappa shape index (κ1) is 20.8. The van der Waals surface area contributed by atoms with Crippen LogP contribution in [0.2, 0.25) is 0 Å². The molecule has 0 saturated heterocycles. The molecule has 160 valence electrons. The lowest BCUT2D eigenvalue weighted by atomic mass is 10.1. The Balaban J connectivity index is 1.45. The molecule has 0 bridgehead atoms. The van der Waals surface area contributed by atoms with E-state index in [1.807, 2.05) is 0 Å². The third-order valence-electron chi connectivity index (χ3n) is 4.93. The molecule has 3 aromatic rings. The Morgan fingerprint density at radius 2 is 1.74 bits per heavy atom. The molecule has 1 heterocycles. The fourth-order valence-corrected chi connectivity index (χ4v) is 3.12. The lowest BCUT2D eigenvalue weighted by Gasteiger charge is -2.23. The Morgan fingerprint density at radius 1 is 1.03 bits per heavy atom. The van der Waals surface area contributed by atoms with Crippen LogP contribution in [0.15, 0.2) is 66.9 Å². The number of aromatic nitrogens is 1. The molecule has 4 nitrogen and oxygen atoms in total. The zero-order valence-corrected chi connectivity index (χ0v) is 16.3. The maximum absolute atomic E-state index is 14.0. The zero-order valence-electron chi connectivity index (χ0n) is 16.3. The van der Waals surface area contributed by atoms with Crippen LogP contribution in [0.1, 0.15) is 34.3 Å². The van der Waals surface area contributed by atoms with Gasteiger partial charge in [-0.15, -0.1) is 0 Å². The average molecular weight is 430 g/mol. The van der Waals surface area contributed by atoms with E-state index < -0.39 is 11.7 Å². The summed E-state index contributed by atoms with van der Waals surface area (Å²) in [6, 6.07) is 14.7. The van der Waals surface area contributed by atoms with Crippen LogP contribution in [-0.2, 0) is 12.7 Å². The summed E-state index contributed by atoms with van der Waals surface area (Å²) in [5, 5.41) is 0. The van der Waals surface area contributed by atoms with Crippen LogP contribution in [0, 0.1) is 5.82 Å². The van der Waals surface area contributed by atoms with Gasteiger partial charge in [0.15, 0.2) is 0 Å². The molecule has 0 radical (unpaired) electrons. The lowest BCUT2D eigenvalue weighted by molar-refractivity contribution is -0.137. The first-order valence-electron chi connectivity index (χ1n) is 9.67. The van der Waals surface area contributed by atoms with Crippen molar-refractivity contribution in [2.24, 2.45) is 0 Å². The topological polar surface area (TPSA) is 42.4 Å². The largest absolute Gasteiger partial charge is 0.439 e. The zero-order chi connectivity index (χ0) is 22.0. The lowest BCUT2D eigenvalue weighted by Crippen LogP contribution is -2.32. The van der Waals surface area contributed by atoms with Gasteiger partial charge in [0.2, 0.25) is 5.88 Å². The minimum Gasteiger partial charge on any atom is -0.439 e. The highest BCUT2D eigenvalue weighted by atomic mass is 19.4. The standard InChI is InChI=1S/C23H18F4N2O2/c24-20-4-2-1-3-16(20)14-29(18-8-9-18)22(30)15-5-10-19(11-6-15)31-21-12-7-17(13-28-21)23(25,26)27/h1-7,10-13,18H,8-9,14H2. The highest BCUT2D eigenvalue weighted by molar-refractivity contribution is 5.94. The molecule has 1 aliphatic carbocycles. The van der Waals surface area contributed by atoms with Crippen LogP contribution in [0.4, 0.5) is 17.6 Å². The number of nitrogens with zero attached hydrogens (tertiary/aromatic N) is 2. The predicted molar refractivity (Wildman–Crippen MR) is 105 cm³/mol. The van der Waals surface area contributed by atoms with Gasteiger partial charge >= 0.3 is 6.18 Å². The molecule has 1 saturated carbocycles. The summed E-state index contributed by atoms with van der Waals surface area (Å²) in [4.78, 5) is 18.3. The first-order chi connectivity index (χ1) is 14.8. The summed E-state index contributed by atoms with van der Waals surface area (Å²) in [6.45, 7) is 0.184. The van der Waals surface area contributed by atoms with Crippen LogP contribution in [-0.4, -0.2) is 21.8 Å². The van der Waals surface area contributed by atoms with Crippen LogP contribution >= 0.6 is 0 Å². The molecule has 31 heavy (non-hydrogen) atoms. The molecule has 8 heteroatoms. The number of hydrogen-bond acceptors (Lipinski definition) is 3. The number of carbonyl (C=O) groups is 1. The second-order valence-electron chi connectivity index (χ2n) is 7.26. The molecule has 1 aliphatic rings. The van der Waals surface area contributed by atoms with Gasteiger partial charge in [0.25, 0.3) is 5.91 Å². The maximum Gasteiger partial charge on any atom is 0.417 e.